The van der Waals surface area contributed by atoms with E-state index >= 15 is 0 Å². The van der Waals surface area contributed by atoms with Crippen LogP contribution in [0.3, 0.4) is 0 Å². The molecule has 0 aliphatic carbocycles. The number of imidazole rings is 1. The van der Waals surface area contributed by atoms with Gasteiger partial charge in [0.1, 0.15) is 0 Å². The highest BCUT2D eigenvalue weighted by molar-refractivity contribution is 5.78. The van der Waals surface area contributed by atoms with Gasteiger partial charge >= 0.3 is 0 Å². The molecule has 112 valence electrons. The Kier molecular flexibility index (Phi) is 6.55. The zero-order valence-corrected chi connectivity index (χ0v) is 12.6. The van der Waals surface area contributed by atoms with Crippen molar-refractivity contribution in [3.63, 3.8) is 0 Å². The molecule has 20 heavy (non-hydrogen) atoms. The minimum absolute atomic E-state index is 0. The summed E-state index contributed by atoms with van der Waals surface area (Å²) in [6.45, 7) is 5.56. The molecule has 5 nitrogen and oxygen atoms in total. The second-order valence-corrected chi connectivity index (χ2v) is 4.56. The molecule has 1 aliphatic rings. The molecule has 7 heteroatoms. The molecule has 0 unspecified atom stereocenters. The summed E-state index contributed by atoms with van der Waals surface area (Å²) in [4.78, 5) is 6.77. The summed E-state index contributed by atoms with van der Waals surface area (Å²) in [5.41, 5.74) is 8.06. The number of ether oxygens (including phenoxy) is 1. The second-order valence-electron chi connectivity index (χ2n) is 4.56. The number of hydrogen-bond donors (Lipinski definition) is 1. The van der Waals surface area contributed by atoms with Crippen molar-refractivity contribution < 1.29 is 29.6 Å². The van der Waals surface area contributed by atoms with Gasteiger partial charge in [-0.2, -0.15) is 0 Å². The largest absolute Gasteiger partial charge is 1.00 e. The molecule has 2 N–H and O–H groups in total. The Morgan fingerprint density at radius 2 is 1.80 bits per heavy atom. The highest BCUT2D eigenvalue weighted by atomic mass is 35.5. The van der Waals surface area contributed by atoms with Crippen LogP contribution in [-0.4, -0.2) is 47.3 Å². The molecule has 1 aromatic heterocycles. The van der Waals surface area contributed by atoms with E-state index in [1.807, 2.05) is 18.2 Å². The van der Waals surface area contributed by atoms with Gasteiger partial charge in [0.15, 0.2) is 0 Å². The highest BCUT2D eigenvalue weighted by Gasteiger charge is 2.12. The van der Waals surface area contributed by atoms with Crippen molar-refractivity contribution >= 4 is 17.0 Å². The molecule has 2 aromatic rings. The number of nitrogens with zero attached hydrogens (tertiary/aromatic N) is 3. The number of halogens is 2. The summed E-state index contributed by atoms with van der Waals surface area (Å²) >= 11 is 0. The molecular weight excluding hydrogens is 299 g/mol. The summed E-state index contributed by atoms with van der Waals surface area (Å²) < 4.78 is 7.43. The number of hydrogen-bond acceptors (Lipinski definition) is 4. The van der Waals surface area contributed by atoms with Gasteiger partial charge in [-0.15, -0.1) is 0 Å². The number of anilines is 1. The fourth-order valence-electron chi connectivity index (χ4n) is 2.40. The Labute approximate surface area is 130 Å². The number of para-hydroxylation sites is 2. The fraction of sp³-hybridized carbons (Fsp3) is 0.462. The van der Waals surface area contributed by atoms with Crippen LogP contribution in [0.4, 0.5) is 5.95 Å². The Hall–Kier alpha value is -1.01. The van der Waals surface area contributed by atoms with Crippen LogP contribution >= 0.6 is 0 Å². The molecule has 2 heterocycles. The smallest absolute Gasteiger partial charge is 0.201 e. The molecule has 3 rings (SSSR count). The Morgan fingerprint density at radius 3 is 2.55 bits per heavy atom. The SMILES string of the molecule is Nc1nc2ccccc2n1CCN1CCOCC1.[Cl-].[Cl-]. The second kappa shape index (κ2) is 7.69. The molecular formula is C13H18Cl2N4O-2. The maximum atomic E-state index is 5.98. The van der Waals surface area contributed by atoms with E-state index in [9.17, 15) is 0 Å². The number of morpholine rings is 1. The van der Waals surface area contributed by atoms with Crippen LogP contribution in [-0.2, 0) is 11.3 Å². The lowest BCUT2D eigenvalue weighted by molar-refractivity contribution is -0.001000. The van der Waals surface area contributed by atoms with Crippen LogP contribution in [0.15, 0.2) is 24.3 Å². The van der Waals surface area contributed by atoms with Crippen LogP contribution < -0.4 is 30.5 Å². The molecule has 0 bridgehead atoms. The van der Waals surface area contributed by atoms with E-state index in [0.29, 0.717) is 5.95 Å². The van der Waals surface area contributed by atoms with Crippen molar-refractivity contribution in [2.75, 3.05) is 38.6 Å². The summed E-state index contributed by atoms with van der Waals surface area (Å²) in [5.74, 6) is 0.601. The first-order chi connectivity index (χ1) is 8.84. The third-order valence-electron chi connectivity index (χ3n) is 3.43. The zero-order chi connectivity index (χ0) is 12.4. The molecule has 1 fully saturated rings. The van der Waals surface area contributed by atoms with E-state index in [0.717, 1.165) is 50.4 Å². The van der Waals surface area contributed by atoms with Gasteiger partial charge in [0.2, 0.25) is 5.95 Å². The zero-order valence-electron chi connectivity index (χ0n) is 11.1. The van der Waals surface area contributed by atoms with Crippen LogP contribution in [0.5, 0.6) is 0 Å². The fourth-order valence-corrected chi connectivity index (χ4v) is 2.40. The lowest BCUT2D eigenvalue weighted by Crippen LogP contribution is -3.00. The van der Waals surface area contributed by atoms with E-state index in [2.05, 4.69) is 20.5 Å². The first-order valence-electron chi connectivity index (χ1n) is 6.35. The van der Waals surface area contributed by atoms with Crippen molar-refractivity contribution in [2.45, 2.75) is 6.54 Å². The van der Waals surface area contributed by atoms with Gasteiger partial charge < -0.3 is 39.9 Å². The topological polar surface area (TPSA) is 56.3 Å². The summed E-state index contributed by atoms with van der Waals surface area (Å²) in [6.07, 6.45) is 0. The van der Waals surface area contributed by atoms with Gasteiger partial charge in [0, 0.05) is 26.2 Å². The van der Waals surface area contributed by atoms with Crippen LogP contribution in [0, 0.1) is 0 Å². The third-order valence-corrected chi connectivity index (χ3v) is 3.43. The van der Waals surface area contributed by atoms with Gasteiger partial charge in [-0.3, -0.25) is 4.90 Å². The number of nitrogen functional groups attached to an aromatic ring is 1. The summed E-state index contributed by atoms with van der Waals surface area (Å²) in [7, 11) is 0. The number of rotatable bonds is 3. The molecule has 1 aliphatic heterocycles. The Morgan fingerprint density at radius 1 is 1.10 bits per heavy atom. The van der Waals surface area contributed by atoms with E-state index in [1.54, 1.807) is 0 Å². The molecule has 1 aromatic carbocycles. The van der Waals surface area contributed by atoms with E-state index in [-0.39, 0.29) is 24.8 Å². The Bertz CT molecular complexity index is 540. The Balaban J connectivity index is 0.000001000. The summed E-state index contributed by atoms with van der Waals surface area (Å²) in [5, 5.41) is 0. The minimum atomic E-state index is 0. The van der Waals surface area contributed by atoms with Crippen molar-refractivity contribution in [3.8, 4) is 0 Å². The molecule has 0 saturated carbocycles. The quantitative estimate of drug-likeness (QED) is 0.616. The van der Waals surface area contributed by atoms with Crippen LogP contribution in [0.1, 0.15) is 0 Å². The first kappa shape index (κ1) is 17.0. The van der Waals surface area contributed by atoms with Gasteiger partial charge in [0.05, 0.1) is 24.2 Å². The summed E-state index contributed by atoms with van der Waals surface area (Å²) in [6, 6.07) is 8.07. The molecule has 0 atom stereocenters. The van der Waals surface area contributed by atoms with E-state index < -0.39 is 0 Å². The van der Waals surface area contributed by atoms with E-state index in [1.165, 1.54) is 0 Å². The maximum absolute atomic E-state index is 5.98. The number of benzene rings is 1. The lowest BCUT2D eigenvalue weighted by atomic mass is 10.3. The predicted octanol–water partition coefficient (Wildman–Crippen LogP) is -5.04. The van der Waals surface area contributed by atoms with Crippen molar-refractivity contribution in [1.82, 2.24) is 14.5 Å². The number of nitrogens with two attached hydrogens (primary N) is 1. The number of aromatic nitrogens is 2. The lowest BCUT2D eigenvalue weighted by Gasteiger charge is -2.26. The average molecular weight is 317 g/mol. The van der Waals surface area contributed by atoms with Crippen molar-refractivity contribution in [2.24, 2.45) is 0 Å². The maximum Gasteiger partial charge on any atom is 0.201 e. The van der Waals surface area contributed by atoms with E-state index in [4.69, 9.17) is 10.5 Å². The standard InChI is InChI=1S/C13H18N4O.2ClH/c14-13-15-11-3-1-2-4-12(11)17(13)6-5-16-7-9-18-10-8-16;;/h1-4H,5-10H2,(H2,14,15);2*1H/p-2. The van der Waals surface area contributed by atoms with Crippen molar-refractivity contribution in [3.05, 3.63) is 24.3 Å². The predicted molar refractivity (Wildman–Crippen MR) is 71.4 cm³/mol. The highest BCUT2D eigenvalue weighted by Crippen LogP contribution is 2.17. The van der Waals surface area contributed by atoms with Crippen LogP contribution in [0.25, 0.3) is 11.0 Å². The van der Waals surface area contributed by atoms with Crippen molar-refractivity contribution in [1.29, 1.82) is 0 Å². The van der Waals surface area contributed by atoms with Gasteiger partial charge in [-0.05, 0) is 12.1 Å². The van der Waals surface area contributed by atoms with Gasteiger partial charge in [-0.1, -0.05) is 12.1 Å². The molecule has 0 radical (unpaired) electrons. The first-order valence-corrected chi connectivity index (χ1v) is 6.35. The molecule has 0 amide bonds. The average Bonchev–Trinajstić information content (AvgIpc) is 2.73. The minimum Gasteiger partial charge on any atom is -1.00 e. The monoisotopic (exact) mass is 316 g/mol. The van der Waals surface area contributed by atoms with Crippen LogP contribution in [0.2, 0.25) is 0 Å². The molecule has 1 saturated heterocycles. The van der Waals surface area contributed by atoms with Gasteiger partial charge in [0.25, 0.3) is 0 Å². The number of fused-ring (bicyclic) bond motifs is 1. The normalized spacial score (nSPS) is 15.6. The molecule has 0 spiro atoms. The third kappa shape index (κ3) is 3.55. The van der Waals surface area contributed by atoms with Gasteiger partial charge in [-0.25, -0.2) is 4.98 Å².